The fourth-order valence-electron chi connectivity index (χ4n) is 1.40. The molecule has 0 atom stereocenters. The standard InChI is InChI=1S/C11H12Br2O2/c1-7-3-9(5-12)11(15-8(2)14)10(4-7)6-13/h3-4H,5-6H2,1-2H3. The van der Waals surface area contributed by atoms with Gasteiger partial charge in [-0.25, -0.2) is 0 Å². The normalized spacial score (nSPS) is 10.1. The number of benzene rings is 1. The summed E-state index contributed by atoms with van der Waals surface area (Å²) in [4.78, 5) is 11.0. The van der Waals surface area contributed by atoms with E-state index >= 15 is 0 Å². The number of rotatable bonds is 3. The quantitative estimate of drug-likeness (QED) is 0.478. The first-order chi connectivity index (χ1) is 7.08. The number of carbonyl (C=O) groups is 1. The molecule has 0 saturated carbocycles. The van der Waals surface area contributed by atoms with Crippen molar-refractivity contribution in [1.29, 1.82) is 0 Å². The highest BCUT2D eigenvalue weighted by atomic mass is 79.9. The van der Waals surface area contributed by atoms with Gasteiger partial charge in [-0.1, -0.05) is 49.6 Å². The first kappa shape index (κ1) is 12.7. The highest BCUT2D eigenvalue weighted by Gasteiger charge is 2.11. The Balaban J connectivity index is 3.23. The molecule has 4 heteroatoms. The minimum absolute atomic E-state index is 0.289. The number of ether oxygens (including phenoxy) is 1. The van der Waals surface area contributed by atoms with Crippen LogP contribution < -0.4 is 4.74 Å². The van der Waals surface area contributed by atoms with Crippen LogP contribution in [0.5, 0.6) is 5.75 Å². The zero-order valence-electron chi connectivity index (χ0n) is 8.64. The lowest BCUT2D eigenvalue weighted by Gasteiger charge is -2.12. The van der Waals surface area contributed by atoms with Gasteiger partial charge in [0, 0.05) is 28.7 Å². The van der Waals surface area contributed by atoms with Crippen molar-refractivity contribution < 1.29 is 9.53 Å². The third-order valence-corrected chi connectivity index (χ3v) is 3.13. The number of alkyl halides is 2. The van der Waals surface area contributed by atoms with Crippen LogP contribution in [-0.4, -0.2) is 5.97 Å². The second-order valence-electron chi connectivity index (χ2n) is 3.27. The topological polar surface area (TPSA) is 26.3 Å². The van der Waals surface area contributed by atoms with E-state index in [9.17, 15) is 4.79 Å². The van der Waals surface area contributed by atoms with Gasteiger partial charge in [0.05, 0.1) is 0 Å². The number of aryl methyl sites for hydroxylation is 1. The molecule has 0 spiro atoms. The first-order valence-electron chi connectivity index (χ1n) is 4.51. The molecule has 0 aliphatic heterocycles. The van der Waals surface area contributed by atoms with Crippen molar-refractivity contribution in [3.8, 4) is 5.75 Å². The Morgan fingerprint density at radius 1 is 1.27 bits per heavy atom. The number of esters is 1. The van der Waals surface area contributed by atoms with Gasteiger partial charge in [-0.15, -0.1) is 0 Å². The number of halogens is 2. The summed E-state index contributed by atoms with van der Waals surface area (Å²) < 4.78 is 5.21. The van der Waals surface area contributed by atoms with Crippen LogP contribution in [0, 0.1) is 6.92 Å². The molecule has 0 saturated heterocycles. The van der Waals surface area contributed by atoms with E-state index in [1.54, 1.807) is 0 Å². The van der Waals surface area contributed by atoms with E-state index in [0.29, 0.717) is 16.4 Å². The summed E-state index contributed by atoms with van der Waals surface area (Å²) in [7, 11) is 0. The lowest BCUT2D eigenvalue weighted by molar-refractivity contribution is -0.131. The average Bonchev–Trinajstić information content (AvgIpc) is 2.19. The third-order valence-electron chi connectivity index (χ3n) is 1.92. The van der Waals surface area contributed by atoms with Crippen molar-refractivity contribution in [3.63, 3.8) is 0 Å². The van der Waals surface area contributed by atoms with Gasteiger partial charge in [-0.2, -0.15) is 0 Å². The molecule has 1 aromatic rings. The molecular formula is C11H12Br2O2. The van der Waals surface area contributed by atoms with Gasteiger partial charge in [0.25, 0.3) is 0 Å². The molecule has 1 aromatic carbocycles. The smallest absolute Gasteiger partial charge is 0.308 e. The average molecular weight is 336 g/mol. The van der Waals surface area contributed by atoms with Crippen LogP contribution in [0.1, 0.15) is 23.6 Å². The summed E-state index contributed by atoms with van der Waals surface area (Å²) in [6.07, 6.45) is 0. The number of carbonyl (C=O) groups excluding carboxylic acids is 1. The molecule has 82 valence electrons. The number of hydrogen-bond acceptors (Lipinski definition) is 2. The summed E-state index contributed by atoms with van der Waals surface area (Å²) in [6.45, 7) is 3.44. The van der Waals surface area contributed by atoms with E-state index in [2.05, 4.69) is 31.9 Å². The Labute approximate surface area is 106 Å². The van der Waals surface area contributed by atoms with Gasteiger partial charge in [0.15, 0.2) is 0 Å². The van der Waals surface area contributed by atoms with Crippen molar-refractivity contribution in [1.82, 2.24) is 0 Å². The summed E-state index contributed by atoms with van der Waals surface area (Å²) in [5, 5.41) is 1.36. The van der Waals surface area contributed by atoms with E-state index in [1.165, 1.54) is 6.92 Å². The molecule has 0 aliphatic rings. The van der Waals surface area contributed by atoms with Crippen LogP contribution in [0.15, 0.2) is 12.1 Å². The van der Waals surface area contributed by atoms with Crippen molar-refractivity contribution in [3.05, 3.63) is 28.8 Å². The van der Waals surface area contributed by atoms with E-state index < -0.39 is 0 Å². The molecular weight excluding hydrogens is 324 g/mol. The van der Waals surface area contributed by atoms with Crippen molar-refractivity contribution in [2.45, 2.75) is 24.5 Å². The monoisotopic (exact) mass is 334 g/mol. The minimum atomic E-state index is -0.289. The van der Waals surface area contributed by atoms with E-state index in [-0.39, 0.29) is 5.97 Å². The molecule has 0 bridgehead atoms. The summed E-state index contributed by atoms with van der Waals surface area (Å²) in [6, 6.07) is 4.03. The highest BCUT2D eigenvalue weighted by Crippen LogP contribution is 2.29. The molecule has 15 heavy (non-hydrogen) atoms. The molecule has 1 rings (SSSR count). The highest BCUT2D eigenvalue weighted by molar-refractivity contribution is 9.08. The maximum absolute atomic E-state index is 11.0. The molecule has 0 aromatic heterocycles. The summed E-state index contributed by atoms with van der Waals surface area (Å²) in [5.41, 5.74) is 3.16. The van der Waals surface area contributed by atoms with Crippen molar-refractivity contribution in [2.75, 3.05) is 0 Å². The van der Waals surface area contributed by atoms with Gasteiger partial charge in [0.2, 0.25) is 0 Å². The maximum atomic E-state index is 11.0. The predicted molar refractivity (Wildman–Crippen MR) is 67.8 cm³/mol. The van der Waals surface area contributed by atoms with Crippen molar-refractivity contribution in [2.24, 2.45) is 0 Å². The SMILES string of the molecule is CC(=O)Oc1c(CBr)cc(C)cc1CBr. The van der Waals surface area contributed by atoms with Crippen LogP contribution in [0.3, 0.4) is 0 Å². The molecule has 0 radical (unpaired) electrons. The second kappa shape index (κ2) is 5.66. The molecule has 0 heterocycles. The largest absolute Gasteiger partial charge is 0.426 e. The first-order valence-corrected chi connectivity index (χ1v) is 6.75. The maximum Gasteiger partial charge on any atom is 0.308 e. The molecule has 0 unspecified atom stereocenters. The van der Waals surface area contributed by atoms with Gasteiger partial charge >= 0.3 is 5.97 Å². The predicted octanol–water partition coefficient (Wildman–Crippen LogP) is 3.71. The lowest BCUT2D eigenvalue weighted by Crippen LogP contribution is -2.06. The van der Waals surface area contributed by atoms with Gasteiger partial charge in [-0.3, -0.25) is 4.79 Å². The minimum Gasteiger partial charge on any atom is -0.426 e. The Morgan fingerprint density at radius 2 is 1.73 bits per heavy atom. The van der Waals surface area contributed by atoms with Crippen LogP contribution in [0.25, 0.3) is 0 Å². The molecule has 0 fully saturated rings. The molecule has 0 aliphatic carbocycles. The van der Waals surface area contributed by atoms with Crippen LogP contribution >= 0.6 is 31.9 Å². The lowest BCUT2D eigenvalue weighted by atomic mass is 10.1. The Morgan fingerprint density at radius 3 is 2.07 bits per heavy atom. The van der Waals surface area contributed by atoms with Crippen LogP contribution in [0.2, 0.25) is 0 Å². The zero-order valence-corrected chi connectivity index (χ0v) is 11.8. The molecule has 2 nitrogen and oxygen atoms in total. The summed E-state index contributed by atoms with van der Waals surface area (Å²) >= 11 is 6.78. The van der Waals surface area contributed by atoms with E-state index in [4.69, 9.17) is 4.74 Å². The van der Waals surface area contributed by atoms with Crippen LogP contribution in [-0.2, 0) is 15.5 Å². The fraction of sp³-hybridized carbons (Fsp3) is 0.364. The molecule has 0 amide bonds. The van der Waals surface area contributed by atoms with Gasteiger partial charge in [0.1, 0.15) is 5.75 Å². The Bertz CT molecular complexity index is 350. The summed E-state index contributed by atoms with van der Waals surface area (Å²) in [5.74, 6) is 0.380. The second-order valence-corrected chi connectivity index (χ2v) is 4.39. The number of hydrogen-bond donors (Lipinski definition) is 0. The Kier molecular flexibility index (Phi) is 4.80. The Hall–Kier alpha value is -0.350. The molecule has 0 N–H and O–H groups in total. The van der Waals surface area contributed by atoms with Gasteiger partial charge < -0.3 is 4.74 Å². The fourth-order valence-corrected chi connectivity index (χ4v) is 2.24. The van der Waals surface area contributed by atoms with E-state index in [0.717, 1.165) is 16.7 Å². The van der Waals surface area contributed by atoms with Crippen LogP contribution in [0.4, 0.5) is 0 Å². The van der Waals surface area contributed by atoms with Gasteiger partial charge in [-0.05, 0) is 6.92 Å². The third kappa shape index (κ3) is 3.31. The van der Waals surface area contributed by atoms with E-state index in [1.807, 2.05) is 19.1 Å². The van der Waals surface area contributed by atoms with Crippen molar-refractivity contribution >= 4 is 37.8 Å². The zero-order chi connectivity index (χ0) is 11.4.